The molecule has 0 radical (unpaired) electrons. The predicted molar refractivity (Wildman–Crippen MR) is 85.7 cm³/mol. The summed E-state index contributed by atoms with van der Waals surface area (Å²) in [5.41, 5.74) is 0.471. The van der Waals surface area contributed by atoms with Crippen molar-refractivity contribution in [3.8, 4) is 0 Å². The van der Waals surface area contributed by atoms with Gasteiger partial charge in [-0.25, -0.2) is 0 Å². The fourth-order valence-electron chi connectivity index (χ4n) is 1.87. The van der Waals surface area contributed by atoms with Gasteiger partial charge in [-0.1, -0.05) is 25.4 Å². The van der Waals surface area contributed by atoms with Gasteiger partial charge in [0.25, 0.3) is 5.91 Å². The number of aliphatic hydroxyl groups is 1. The molecule has 0 aromatic heterocycles. The van der Waals surface area contributed by atoms with Crippen LogP contribution < -0.4 is 5.32 Å². The van der Waals surface area contributed by atoms with E-state index >= 15 is 0 Å². The van der Waals surface area contributed by atoms with Gasteiger partial charge in [-0.2, -0.15) is 0 Å². The lowest BCUT2D eigenvalue weighted by Gasteiger charge is -2.24. The Balaban J connectivity index is 2.67. The van der Waals surface area contributed by atoms with Gasteiger partial charge in [0.1, 0.15) is 0 Å². The standard InChI is InChI=1S/C15H22ClNO2S/c1-15(2,7-4-8-18)10-17-14(19)12-9-11(20-3)5-6-13(12)16/h5-6,9,18H,4,7-8,10H2,1-3H3,(H,17,19). The van der Waals surface area contributed by atoms with E-state index in [9.17, 15) is 4.79 Å². The number of amides is 1. The van der Waals surface area contributed by atoms with Gasteiger partial charge in [-0.15, -0.1) is 11.8 Å². The lowest BCUT2D eigenvalue weighted by molar-refractivity contribution is 0.0933. The smallest absolute Gasteiger partial charge is 0.252 e. The third kappa shape index (κ3) is 5.35. The summed E-state index contributed by atoms with van der Waals surface area (Å²) in [6.45, 7) is 4.89. The molecule has 0 fully saturated rings. The van der Waals surface area contributed by atoms with Crippen LogP contribution in [-0.4, -0.2) is 30.4 Å². The number of hydrogen-bond donors (Lipinski definition) is 2. The number of thioether (sulfide) groups is 1. The molecule has 0 aliphatic rings. The highest BCUT2D eigenvalue weighted by Crippen LogP contribution is 2.24. The average Bonchev–Trinajstić information content (AvgIpc) is 2.43. The van der Waals surface area contributed by atoms with Crippen LogP contribution in [0.1, 0.15) is 37.0 Å². The molecule has 0 atom stereocenters. The molecule has 0 saturated heterocycles. The molecule has 1 amide bonds. The first-order valence-electron chi connectivity index (χ1n) is 6.62. The SMILES string of the molecule is CSc1ccc(Cl)c(C(=O)NCC(C)(C)CCCO)c1. The highest BCUT2D eigenvalue weighted by atomic mass is 35.5. The van der Waals surface area contributed by atoms with E-state index in [0.29, 0.717) is 17.1 Å². The molecule has 112 valence electrons. The number of aliphatic hydroxyl groups excluding tert-OH is 1. The van der Waals surface area contributed by atoms with Crippen LogP contribution in [0.2, 0.25) is 5.02 Å². The highest BCUT2D eigenvalue weighted by Gasteiger charge is 2.19. The topological polar surface area (TPSA) is 49.3 Å². The normalized spacial score (nSPS) is 11.4. The Morgan fingerprint density at radius 1 is 1.45 bits per heavy atom. The van der Waals surface area contributed by atoms with Crippen LogP contribution in [0.4, 0.5) is 0 Å². The number of benzene rings is 1. The van der Waals surface area contributed by atoms with E-state index in [1.807, 2.05) is 18.4 Å². The Morgan fingerprint density at radius 2 is 2.15 bits per heavy atom. The van der Waals surface area contributed by atoms with Crippen LogP contribution in [-0.2, 0) is 0 Å². The van der Waals surface area contributed by atoms with E-state index in [2.05, 4.69) is 19.2 Å². The first-order chi connectivity index (χ1) is 9.39. The van der Waals surface area contributed by atoms with Gasteiger partial charge in [-0.05, 0) is 42.7 Å². The molecular weight excluding hydrogens is 294 g/mol. The Hall–Kier alpha value is -0.710. The van der Waals surface area contributed by atoms with Crippen LogP contribution in [0.25, 0.3) is 0 Å². The lowest BCUT2D eigenvalue weighted by atomic mass is 9.88. The number of hydrogen-bond acceptors (Lipinski definition) is 3. The van der Waals surface area contributed by atoms with Crippen LogP contribution in [0.3, 0.4) is 0 Å². The van der Waals surface area contributed by atoms with Crippen LogP contribution in [0, 0.1) is 5.41 Å². The maximum atomic E-state index is 12.2. The molecule has 0 aliphatic heterocycles. The zero-order valence-corrected chi connectivity index (χ0v) is 13.8. The van der Waals surface area contributed by atoms with E-state index < -0.39 is 0 Å². The molecule has 1 aromatic carbocycles. The van der Waals surface area contributed by atoms with Crippen LogP contribution >= 0.6 is 23.4 Å². The van der Waals surface area contributed by atoms with E-state index in [1.165, 1.54) is 0 Å². The minimum Gasteiger partial charge on any atom is -0.396 e. The first kappa shape index (κ1) is 17.3. The summed E-state index contributed by atoms with van der Waals surface area (Å²) in [6.07, 6.45) is 3.57. The third-order valence-corrected chi connectivity index (χ3v) is 4.21. The van der Waals surface area contributed by atoms with Crippen molar-refractivity contribution in [1.82, 2.24) is 5.32 Å². The number of nitrogens with one attached hydrogen (secondary N) is 1. The molecule has 0 heterocycles. The number of carbonyl (C=O) groups is 1. The Kier molecular flexibility index (Phi) is 6.86. The summed E-state index contributed by atoms with van der Waals surface area (Å²) >= 11 is 7.66. The molecule has 1 aromatic rings. The second-order valence-electron chi connectivity index (χ2n) is 5.52. The minimum absolute atomic E-state index is 0.0397. The second kappa shape index (κ2) is 7.91. The molecule has 0 aliphatic carbocycles. The van der Waals surface area contributed by atoms with Crippen molar-refractivity contribution in [3.63, 3.8) is 0 Å². The zero-order valence-electron chi connectivity index (χ0n) is 12.2. The Morgan fingerprint density at radius 3 is 2.75 bits per heavy atom. The molecule has 3 nitrogen and oxygen atoms in total. The van der Waals surface area contributed by atoms with Crippen molar-refractivity contribution < 1.29 is 9.90 Å². The zero-order chi connectivity index (χ0) is 15.2. The third-order valence-electron chi connectivity index (χ3n) is 3.16. The first-order valence-corrected chi connectivity index (χ1v) is 8.22. The maximum absolute atomic E-state index is 12.2. The van der Waals surface area contributed by atoms with Gasteiger partial charge < -0.3 is 10.4 Å². The Labute approximate surface area is 130 Å². The average molecular weight is 316 g/mol. The van der Waals surface area contributed by atoms with Crippen molar-refractivity contribution in [2.75, 3.05) is 19.4 Å². The van der Waals surface area contributed by atoms with Gasteiger partial charge in [0, 0.05) is 18.0 Å². The second-order valence-corrected chi connectivity index (χ2v) is 6.81. The van der Waals surface area contributed by atoms with E-state index in [-0.39, 0.29) is 17.9 Å². The van der Waals surface area contributed by atoms with Gasteiger partial charge in [0.2, 0.25) is 0 Å². The predicted octanol–water partition coefficient (Wildman–Crippen LogP) is 3.59. The van der Waals surface area contributed by atoms with Gasteiger partial charge >= 0.3 is 0 Å². The fourth-order valence-corrected chi connectivity index (χ4v) is 2.51. The van der Waals surface area contributed by atoms with E-state index in [1.54, 1.807) is 17.8 Å². The molecule has 0 unspecified atom stereocenters. The maximum Gasteiger partial charge on any atom is 0.252 e. The van der Waals surface area contributed by atoms with Gasteiger partial charge in [0.05, 0.1) is 10.6 Å². The summed E-state index contributed by atoms with van der Waals surface area (Å²) in [7, 11) is 0. The quantitative estimate of drug-likeness (QED) is 0.756. The molecule has 0 spiro atoms. The van der Waals surface area contributed by atoms with Crippen molar-refractivity contribution in [2.45, 2.75) is 31.6 Å². The summed E-state index contributed by atoms with van der Waals surface area (Å²) in [6, 6.07) is 5.46. The van der Waals surface area contributed by atoms with Crippen LogP contribution in [0.5, 0.6) is 0 Å². The molecule has 5 heteroatoms. The van der Waals surface area contributed by atoms with E-state index in [4.69, 9.17) is 16.7 Å². The Bertz CT molecular complexity index is 463. The molecule has 0 bridgehead atoms. The van der Waals surface area contributed by atoms with Crippen molar-refractivity contribution in [2.24, 2.45) is 5.41 Å². The summed E-state index contributed by atoms with van der Waals surface area (Å²) in [5, 5.41) is 12.3. The number of carbonyl (C=O) groups excluding carboxylic acids is 1. The monoisotopic (exact) mass is 315 g/mol. The summed E-state index contributed by atoms with van der Waals surface area (Å²) in [5.74, 6) is -0.150. The summed E-state index contributed by atoms with van der Waals surface area (Å²) in [4.78, 5) is 13.2. The minimum atomic E-state index is -0.150. The van der Waals surface area contributed by atoms with Crippen LogP contribution in [0.15, 0.2) is 23.1 Å². The van der Waals surface area contributed by atoms with Gasteiger partial charge in [-0.3, -0.25) is 4.79 Å². The van der Waals surface area contributed by atoms with Crippen molar-refractivity contribution in [3.05, 3.63) is 28.8 Å². The summed E-state index contributed by atoms with van der Waals surface area (Å²) < 4.78 is 0. The molecule has 1 rings (SSSR count). The van der Waals surface area contributed by atoms with Gasteiger partial charge in [0.15, 0.2) is 0 Å². The van der Waals surface area contributed by atoms with E-state index in [0.717, 1.165) is 17.7 Å². The molecule has 20 heavy (non-hydrogen) atoms. The molecule has 2 N–H and O–H groups in total. The highest BCUT2D eigenvalue weighted by molar-refractivity contribution is 7.98. The van der Waals surface area contributed by atoms with Crippen molar-refractivity contribution in [1.29, 1.82) is 0 Å². The number of halogens is 1. The van der Waals surface area contributed by atoms with Crippen molar-refractivity contribution >= 4 is 29.3 Å². The largest absolute Gasteiger partial charge is 0.396 e. The molecule has 0 saturated carbocycles. The lowest BCUT2D eigenvalue weighted by Crippen LogP contribution is -2.34. The number of rotatable bonds is 7. The molecular formula is C15H22ClNO2S. The fraction of sp³-hybridized carbons (Fsp3) is 0.533.